The van der Waals surface area contributed by atoms with E-state index in [0.29, 0.717) is 12.3 Å². The van der Waals surface area contributed by atoms with E-state index in [0.717, 1.165) is 22.9 Å². The minimum Gasteiger partial charge on any atom is -0.489 e. The molecule has 0 unspecified atom stereocenters. The summed E-state index contributed by atoms with van der Waals surface area (Å²) in [6.07, 6.45) is 1.26. The van der Waals surface area contributed by atoms with Gasteiger partial charge in [0.2, 0.25) is 5.95 Å². The van der Waals surface area contributed by atoms with Gasteiger partial charge in [0, 0.05) is 23.5 Å². The third-order valence-electron chi connectivity index (χ3n) is 3.92. The van der Waals surface area contributed by atoms with E-state index in [2.05, 4.69) is 16.4 Å². The van der Waals surface area contributed by atoms with Crippen molar-refractivity contribution in [1.29, 1.82) is 0 Å². The molecule has 5 heteroatoms. The van der Waals surface area contributed by atoms with Crippen LogP contribution in [0.4, 0.5) is 10.1 Å². The maximum absolute atomic E-state index is 13.1. The Balaban J connectivity index is 1.66. The largest absolute Gasteiger partial charge is 0.489 e. The lowest BCUT2D eigenvalue weighted by atomic mass is 10.1. The van der Waals surface area contributed by atoms with Crippen molar-refractivity contribution in [2.75, 3.05) is 5.32 Å². The van der Waals surface area contributed by atoms with Crippen LogP contribution in [0.2, 0.25) is 0 Å². The number of aryl methyl sites for hydroxylation is 2. The molecule has 3 aromatic rings. The minimum absolute atomic E-state index is 0.219. The van der Waals surface area contributed by atoms with Gasteiger partial charge in [0.1, 0.15) is 12.4 Å². The molecule has 0 aliphatic carbocycles. The van der Waals surface area contributed by atoms with Crippen molar-refractivity contribution in [2.24, 2.45) is 0 Å². The molecule has 0 atom stereocenters. The van der Waals surface area contributed by atoms with Gasteiger partial charge in [-0.3, -0.25) is 4.79 Å². The zero-order valence-electron chi connectivity index (χ0n) is 14.6. The quantitative estimate of drug-likeness (QED) is 0.681. The van der Waals surface area contributed by atoms with Crippen LogP contribution in [0, 0.1) is 19.8 Å². The van der Waals surface area contributed by atoms with Crippen molar-refractivity contribution < 1.29 is 13.9 Å². The van der Waals surface area contributed by atoms with Crippen molar-refractivity contribution in [3.05, 3.63) is 89.0 Å². The van der Waals surface area contributed by atoms with Crippen molar-refractivity contribution >= 4 is 11.6 Å². The van der Waals surface area contributed by atoms with Crippen LogP contribution in [0.5, 0.6) is 5.75 Å². The van der Waals surface area contributed by atoms with Crippen molar-refractivity contribution in [3.8, 4) is 5.75 Å². The molecule has 0 fully saturated rings. The Bertz CT molecular complexity index is 941. The van der Waals surface area contributed by atoms with Crippen molar-refractivity contribution in [2.45, 2.75) is 20.5 Å². The number of amides is 1. The molecule has 0 saturated heterocycles. The molecule has 4 nitrogen and oxygen atoms in total. The number of ether oxygens (including phenoxy) is 1. The molecular weight excluding hydrogens is 331 g/mol. The van der Waals surface area contributed by atoms with E-state index in [4.69, 9.17) is 4.74 Å². The SMILES string of the molecule is Cc1cccc(COc2ccc(NC(=O)c3ccnc(F)c3)c(C)c2)c1. The minimum atomic E-state index is -0.686. The van der Waals surface area contributed by atoms with Crippen molar-refractivity contribution in [3.63, 3.8) is 0 Å². The number of halogens is 1. The van der Waals surface area contributed by atoms with Gasteiger partial charge >= 0.3 is 0 Å². The summed E-state index contributed by atoms with van der Waals surface area (Å²) in [5.74, 6) is -0.353. The topological polar surface area (TPSA) is 51.2 Å². The summed E-state index contributed by atoms with van der Waals surface area (Å²) in [6.45, 7) is 4.39. The van der Waals surface area contributed by atoms with Crippen LogP contribution in [0.25, 0.3) is 0 Å². The second kappa shape index (κ2) is 7.78. The Kier molecular flexibility index (Phi) is 5.27. The molecule has 0 saturated carbocycles. The molecule has 2 aromatic carbocycles. The second-order valence-corrected chi connectivity index (χ2v) is 6.08. The molecule has 1 amide bonds. The number of carbonyl (C=O) groups excluding carboxylic acids is 1. The van der Waals surface area contributed by atoms with Crippen LogP contribution in [0.15, 0.2) is 60.8 Å². The molecule has 3 rings (SSSR count). The van der Waals surface area contributed by atoms with Crippen LogP contribution in [-0.4, -0.2) is 10.9 Å². The Morgan fingerprint density at radius 2 is 1.96 bits per heavy atom. The first-order valence-electron chi connectivity index (χ1n) is 8.23. The molecule has 0 aliphatic rings. The van der Waals surface area contributed by atoms with Crippen LogP contribution in [0.3, 0.4) is 0 Å². The average molecular weight is 350 g/mol. The zero-order chi connectivity index (χ0) is 18.5. The fraction of sp³-hybridized carbons (Fsp3) is 0.143. The predicted octanol–water partition coefficient (Wildman–Crippen LogP) is 4.67. The van der Waals surface area contributed by atoms with Gasteiger partial charge < -0.3 is 10.1 Å². The molecule has 0 bridgehead atoms. The van der Waals surface area contributed by atoms with Crippen LogP contribution >= 0.6 is 0 Å². The molecule has 1 heterocycles. The van der Waals surface area contributed by atoms with Crippen LogP contribution in [-0.2, 0) is 6.61 Å². The third kappa shape index (κ3) is 4.45. The summed E-state index contributed by atoms with van der Waals surface area (Å²) >= 11 is 0. The standard InChI is InChI=1S/C21H19FN2O2/c1-14-4-3-5-16(10-14)13-26-18-6-7-19(15(2)11-18)24-21(25)17-8-9-23-20(22)12-17/h3-12H,13H2,1-2H3,(H,24,25). The highest BCUT2D eigenvalue weighted by Gasteiger charge is 2.09. The summed E-state index contributed by atoms with van der Waals surface area (Å²) in [4.78, 5) is 15.7. The van der Waals surface area contributed by atoms with Gasteiger partial charge in [-0.15, -0.1) is 0 Å². The van der Waals surface area contributed by atoms with Crippen molar-refractivity contribution in [1.82, 2.24) is 4.98 Å². The summed E-state index contributed by atoms with van der Waals surface area (Å²) in [6, 6.07) is 16.1. The molecule has 26 heavy (non-hydrogen) atoms. The highest BCUT2D eigenvalue weighted by atomic mass is 19.1. The maximum atomic E-state index is 13.1. The number of aromatic nitrogens is 1. The van der Waals surface area contributed by atoms with E-state index in [1.54, 1.807) is 12.1 Å². The Morgan fingerprint density at radius 1 is 1.12 bits per heavy atom. The number of nitrogens with one attached hydrogen (secondary N) is 1. The number of carbonyl (C=O) groups is 1. The smallest absolute Gasteiger partial charge is 0.255 e. The van der Waals surface area contributed by atoms with E-state index in [1.807, 2.05) is 38.1 Å². The number of benzene rings is 2. The first kappa shape index (κ1) is 17.6. The summed E-state index contributed by atoms with van der Waals surface area (Å²) in [7, 11) is 0. The molecular formula is C21H19FN2O2. The van der Waals surface area contributed by atoms with E-state index in [9.17, 15) is 9.18 Å². The summed E-state index contributed by atoms with van der Waals surface area (Å²) < 4.78 is 19.0. The van der Waals surface area contributed by atoms with Gasteiger partial charge in [-0.1, -0.05) is 29.8 Å². The second-order valence-electron chi connectivity index (χ2n) is 6.08. The normalized spacial score (nSPS) is 10.4. The first-order chi connectivity index (χ1) is 12.5. The number of pyridine rings is 1. The summed E-state index contributed by atoms with van der Waals surface area (Å²) in [5.41, 5.74) is 4.01. The van der Waals surface area contributed by atoms with Gasteiger partial charge in [-0.05, 0) is 49.2 Å². The first-order valence-corrected chi connectivity index (χ1v) is 8.23. The molecule has 1 N–H and O–H groups in total. The number of nitrogens with zero attached hydrogens (tertiary/aromatic N) is 1. The zero-order valence-corrected chi connectivity index (χ0v) is 14.6. The predicted molar refractivity (Wildman–Crippen MR) is 98.8 cm³/mol. The van der Waals surface area contributed by atoms with Gasteiger partial charge in [-0.25, -0.2) is 4.98 Å². The lowest BCUT2D eigenvalue weighted by Gasteiger charge is -2.12. The number of hydrogen-bond donors (Lipinski definition) is 1. The number of anilines is 1. The van der Waals surface area contributed by atoms with E-state index >= 15 is 0 Å². The summed E-state index contributed by atoms with van der Waals surface area (Å²) in [5, 5.41) is 2.77. The maximum Gasteiger partial charge on any atom is 0.255 e. The lowest BCUT2D eigenvalue weighted by molar-refractivity contribution is 0.102. The molecule has 0 radical (unpaired) electrons. The van der Waals surface area contributed by atoms with Gasteiger partial charge in [0.05, 0.1) is 0 Å². The number of hydrogen-bond acceptors (Lipinski definition) is 3. The lowest BCUT2D eigenvalue weighted by Crippen LogP contribution is -2.13. The molecule has 1 aromatic heterocycles. The Hall–Kier alpha value is -3.21. The third-order valence-corrected chi connectivity index (χ3v) is 3.92. The molecule has 132 valence electrons. The van der Waals surface area contributed by atoms with E-state index in [1.165, 1.54) is 17.8 Å². The van der Waals surface area contributed by atoms with Crippen LogP contribution < -0.4 is 10.1 Å². The Labute approximate surface area is 151 Å². The molecule has 0 spiro atoms. The molecule has 0 aliphatic heterocycles. The fourth-order valence-corrected chi connectivity index (χ4v) is 2.57. The monoisotopic (exact) mass is 350 g/mol. The van der Waals surface area contributed by atoms with Gasteiger partial charge in [-0.2, -0.15) is 4.39 Å². The highest BCUT2D eigenvalue weighted by Crippen LogP contribution is 2.23. The van der Waals surface area contributed by atoms with E-state index in [-0.39, 0.29) is 11.5 Å². The van der Waals surface area contributed by atoms with Gasteiger partial charge in [0.15, 0.2) is 0 Å². The average Bonchev–Trinajstić information content (AvgIpc) is 2.62. The highest BCUT2D eigenvalue weighted by molar-refractivity contribution is 6.04. The van der Waals surface area contributed by atoms with Gasteiger partial charge in [0.25, 0.3) is 5.91 Å². The number of rotatable bonds is 5. The Morgan fingerprint density at radius 3 is 2.69 bits per heavy atom. The van der Waals surface area contributed by atoms with E-state index < -0.39 is 5.95 Å². The van der Waals surface area contributed by atoms with Crippen LogP contribution in [0.1, 0.15) is 27.0 Å². The fourth-order valence-electron chi connectivity index (χ4n) is 2.57.